The van der Waals surface area contributed by atoms with Crippen LogP contribution in [-0.2, 0) is 17.3 Å². The maximum atomic E-state index is 4.87. The second-order valence-corrected chi connectivity index (χ2v) is 10.2. The molecule has 3 nitrogen and oxygen atoms in total. The van der Waals surface area contributed by atoms with Crippen LogP contribution < -0.4 is 0 Å². The highest BCUT2D eigenvalue weighted by molar-refractivity contribution is 5.81. The van der Waals surface area contributed by atoms with E-state index in [0.29, 0.717) is 6.42 Å². The van der Waals surface area contributed by atoms with Crippen LogP contribution in [0.15, 0.2) is 72.8 Å². The van der Waals surface area contributed by atoms with Gasteiger partial charge in [0.2, 0.25) is 0 Å². The number of hydrogen-bond acceptors (Lipinski definition) is 3. The van der Waals surface area contributed by atoms with Crippen molar-refractivity contribution in [3.8, 4) is 22.5 Å². The van der Waals surface area contributed by atoms with Gasteiger partial charge in [-0.25, -0.2) is 15.0 Å². The molecule has 1 aliphatic carbocycles. The zero-order valence-electron chi connectivity index (χ0n) is 19.5. The largest absolute Gasteiger partial charge is 0.217 e. The summed E-state index contributed by atoms with van der Waals surface area (Å²) in [5.41, 5.74) is 7.57. The third-order valence-electron chi connectivity index (χ3n) is 6.39. The topological polar surface area (TPSA) is 38.7 Å². The normalized spacial score (nSPS) is 14.2. The van der Waals surface area contributed by atoms with Gasteiger partial charge in [-0.05, 0) is 27.8 Å². The number of hydrogen-bond donors (Lipinski definition) is 0. The predicted molar refractivity (Wildman–Crippen MR) is 131 cm³/mol. The first-order valence-corrected chi connectivity index (χ1v) is 11.3. The maximum absolute atomic E-state index is 4.87. The van der Waals surface area contributed by atoms with Crippen molar-refractivity contribution in [2.24, 2.45) is 0 Å². The molecule has 0 atom stereocenters. The van der Waals surface area contributed by atoms with Crippen molar-refractivity contribution < 1.29 is 0 Å². The molecule has 32 heavy (non-hydrogen) atoms. The number of nitrogens with zero attached hydrogens (tertiary/aromatic N) is 3. The van der Waals surface area contributed by atoms with Gasteiger partial charge in [0.15, 0.2) is 5.82 Å². The Kier molecular flexibility index (Phi) is 4.74. The van der Waals surface area contributed by atoms with Crippen LogP contribution in [0.3, 0.4) is 0 Å². The maximum Gasteiger partial charge on any atom is 0.163 e. The first kappa shape index (κ1) is 20.6. The summed E-state index contributed by atoms with van der Waals surface area (Å²) in [6.07, 6.45) is 0.682. The molecule has 5 rings (SSSR count). The van der Waals surface area contributed by atoms with Crippen LogP contribution >= 0.6 is 0 Å². The molecule has 0 spiro atoms. The monoisotopic (exact) mass is 419 g/mol. The van der Waals surface area contributed by atoms with Crippen LogP contribution in [0.2, 0.25) is 0 Å². The molecule has 0 aliphatic heterocycles. The van der Waals surface area contributed by atoms with Crippen molar-refractivity contribution in [2.75, 3.05) is 0 Å². The van der Waals surface area contributed by atoms with E-state index in [0.717, 1.165) is 23.0 Å². The lowest BCUT2D eigenvalue weighted by molar-refractivity contribution is 0.538. The molecule has 160 valence electrons. The minimum atomic E-state index is -0.151. The van der Waals surface area contributed by atoms with Crippen LogP contribution in [0.25, 0.3) is 22.5 Å². The van der Waals surface area contributed by atoms with Crippen molar-refractivity contribution in [2.45, 2.75) is 51.9 Å². The standard InChI is InChI=1S/C29H29N3/c1-28(2,3)27-31-25(30-26(32-27)20-11-7-6-8-12-20)18-19-15-16-24-22(17-19)21-13-9-10-14-23(21)29(24,4)5/h6-17H,18H2,1-5H3. The van der Waals surface area contributed by atoms with E-state index in [4.69, 9.17) is 15.0 Å². The molecule has 3 heteroatoms. The van der Waals surface area contributed by atoms with Gasteiger partial charge in [-0.1, -0.05) is 107 Å². The second kappa shape index (κ2) is 7.37. The summed E-state index contributed by atoms with van der Waals surface area (Å²) in [5.74, 6) is 2.39. The van der Waals surface area contributed by atoms with Crippen molar-refractivity contribution in [3.63, 3.8) is 0 Å². The Labute approximate surface area is 190 Å². The number of fused-ring (bicyclic) bond motifs is 3. The van der Waals surface area contributed by atoms with E-state index in [1.807, 2.05) is 18.2 Å². The van der Waals surface area contributed by atoms with Gasteiger partial charge in [-0.15, -0.1) is 0 Å². The third kappa shape index (κ3) is 3.52. The minimum Gasteiger partial charge on any atom is -0.217 e. The van der Waals surface area contributed by atoms with Crippen LogP contribution in [-0.4, -0.2) is 15.0 Å². The molecule has 1 heterocycles. The Morgan fingerprint density at radius 2 is 1.41 bits per heavy atom. The quantitative estimate of drug-likeness (QED) is 0.369. The SMILES string of the molecule is CC(C)(C)c1nc(Cc2ccc3c(c2)-c2ccccc2C3(C)C)nc(-c2ccccc2)n1. The molecule has 1 aromatic heterocycles. The molecule has 0 radical (unpaired) electrons. The fourth-order valence-electron chi connectivity index (χ4n) is 4.61. The summed E-state index contributed by atoms with van der Waals surface area (Å²) in [6.45, 7) is 11.1. The highest BCUT2D eigenvalue weighted by Gasteiger charge is 2.35. The van der Waals surface area contributed by atoms with E-state index in [1.54, 1.807) is 0 Å². The van der Waals surface area contributed by atoms with Gasteiger partial charge in [-0.2, -0.15) is 0 Å². The summed E-state index contributed by atoms with van der Waals surface area (Å²) in [6, 6.07) is 25.8. The summed E-state index contributed by atoms with van der Waals surface area (Å²) in [7, 11) is 0. The molecule has 0 unspecified atom stereocenters. The average Bonchev–Trinajstić information content (AvgIpc) is 3.00. The molecule has 1 aliphatic rings. The Bertz CT molecular complexity index is 1300. The van der Waals surface area contributed by atoms with Crippen molar-refractivity contribution in [1.29, 1.82) is 0 Å². The lowest BCUT2D eigenvalue weighted by Gasteiger charge is -2.21. The zero-order valence-corrected chi connectivity index (χ0v) is 19.5. The predicted octanol–water partition coefficient (Wildman–Crippen LogP) is 6.73. The third-order valence-corrected chi connectivity index (χ3v) is 6.39. The van der Waals surface area contributed by atoms with Gasteiger partial charge in [0.1, 0.15) is 11.6 Å². The highest BCUT2D eigenvalue weighted by atomic mass is 15.0. The Balaban J connectivity index is 1.57. The van der Waals surface area contributed by atoms with Crippen molar-refractivity contribution in [3.05, 3.63) is 101 Å². The highest BCUT2D eigenvalue weighted by Crippen LogP contribution is 2.48. The molecular formula is C29H29N3. The zero-order chi connectivity index (χ0) is 22.5. The summed E-state index contributed by atoms with van der Waals surface area (Å²) < 4.78 is 0. The van der Waals surface area contributed by atoms with Gasteiger partial charge >= 0.3 is 0 Å². The van der Waals surface area contributed by atoms with Crippen LogP contribution in [0.4, 0.5) is 0 Å². The molecule has 0 amide bonds. The van der Waals surface area contributed by atoms with Gasteiger partial charge in [-0.3, -0.25) is 0 Å². The summed E-state index contributed by atoms with van der Waals surface area (Å²) >= 11 is 0. The second-order valence-electron chi connectivity index (χ2n) is 10.2. The number of benzene rings is 3. The van der Waals surface area contributed by atoms with Gasteiger partial charge in [0.05, 0.1) is 0 Å². The van der Waals surface area contributed by atoms with E-state index in [1.165, 1.54) is 27.8 Å². The summed E-state index contributed by atoms with van der Waals surface area (Å²) in [4.78, 5) is 14.5. The minimum absolute atomic E-state index is 0.0253. The molecule has 0 saturated heterocycles. The Morgan fingerprint density at radius 3 is 2.16 bits per heavy atom. The van der Waals surface area contributed by atoms with Gasteiger partial charge in [0, 0.05) is 22.8 Å². The lowest BCUT2D eigenvalue weighted by atomic mass is 9.82. The van der Waals surface area contributed by atoms with Crippen molar-refractivity contribution in [1.82, 2.24) is 15.0 Å². The number of aromatic nitrogens is 3. The molecule has 0 bridgehead atoms. The fraction of sp³-hybridized carbons (Fsp3) is 0.276. The number of rotatable bonds is 3. The lowest BCUT2D eigenvalue weighted by Crippen LogP contribution is -2.19. The molecule has 0 N–H and O–H groups in total. The van der Waals surface area contributed by atoms with Crippen molar-refractivity contribution >= 4 is 0 Å². The van der Waals surface area contributed by atoms with E-state index in [-0.39, 0.29) is 10.8 Å². The van der Waals surface area contributed by atoms with E-state index >= 15 is 0 Å². The fourth-order valence-corrected chi connectivity index (χ4v) is 4.61. The van der Waals surface area contributed by atoms with Crippen LogP contribution in [0.5, 0.6) is 0 Å². The van der Waals surface area contributed by atoms with Gasteiger partial charge in [0.25, 0.3) is 0 Å². The molecule has 4 aromatic rings. The van der Waals surface area contributed by atoms with Gasteiger partial charge < -0.3 is 0 Å². The van der Waals surface area contributed by atoms with E-state index in [9.17, 15) is 0 Å². The molecular weight excluding hydrogens is 390 g/mol. The first-order chi connectivity index (χ1) is 15.2. The molecule has 3 aromatic carbocycles. The average molecular weight is 420 g/mol. The Morgan fingerprint density at radius 1 is 0.719 bits per heavy atom. The first-order valence-electron chi connectivity index (χ1n) is 11.3. The molecule has 0 fully saturated rings. The van der Waals surface area contributed by atoms with Crippen LogP contribution in [0, 0.1) is 0 Å². The smallest absolute Gasteiger partial charge is 0.163 e. The summed E-state index contributed by atoms with van der Waals surface area (Å²) in [5, 5.41) is 0. The van der Waals surface area contributed by atoms with E-state index in [2.05, 4.69) is 89.2 Å². The molecule has 0 saturated carbocycles. The van der Waals surface area contributed by atoms with Crippen LogP contribution in [0.1, 0.15) is 63.0 Å². The van der Waals surface area contributed by atoms with E-state index < -0.39 is 0 Å². The Hall–Kier alpha value is -3.33.